The zero-order valence-corrected chi connectivity index (χ0v) is 14.5. The highest BCUT2D eigenvalue weighted by Gasteiger charge is 2.13. The summed E-state index contributed by atoms with van der Waals surface area (Å²) in [6.45, 7) is 0. The predicted molar refractivity (Wildman–Crippen MR) is 82.8 cm³/mol. The number of pyridine rings is 1. The largest absolute Gasteiger partial charge is 1.00 e. The van der Waals surface area contributed by atoms with Gasteiger partial charge in [-0.15, -0.1) is 0 Å². The molecule has 3 nitrogen and oxygen atoms in total. The zero-order chi connectivity index (χ0) is 15.5. The number of aromatic amines is 1. The van der Waals surface area contributed by atoms with Crippen LogP contribution in [0.15, 0.2) is 48.8 Å². The molecule has 1 heterocycles. The highest BCUT2D eigenvalue weighted by Crippen LogP contribution is 2.33. The molecule has 0 radical (unpaired) electrons. The third-order valence-corrected chi connectivity index (χ3v) is 3.74. The Morgan fingerprint density at radius 3 is 2.35 bits per heavy atom. The molecule has 0 amide bonds. The van der Waals surface area contributed by atoms with Gasteiger partial charge in [0.2, 0.25) is 0 Å². The summed E-state index contributed by atoms with van der Waals surface area (Å²) in [6, 6.07) is 10.7. The van der Waals surface area contributed by atoms with Crippen molar-refractivity contribution in [3.63, 3.8) is 0 Å². The molecule has 0 aliphatic heterocycles. The van der Waals surface area contributed by atoms with Crippen LogP contribution in [0.25, 0.3) is 10.8 Å². The lowest BCUT2D eigenvalue weighted by molar-refractivity contribution is -0.376. The number of ether oxygens (including phenoxy) is 2. The van der Waals surface area contributed by atoms with Crippen LogP contribution in [0.4, 0.5) is 4.39 Å². The Hall–Kier alpha value is -2.14. The summed E-state index contributed by atoms with van der Waals surface area (Å²) in [6.07, 6.45) is 4.29. The molecule has 0 spiro atoms. The Labute approximate surface area is 144 Å². The minimum Gasteiger partial charge on any atom is -1.00 e. The van der Waals surface area contributed by atoms with Crippen LogP contribution in [0.1, 0.15) is 11.1 Å². The lowest BCUT2D eigenvalue weighted by atomic mass is 10.00. The minimum atomic E-state index is -0.194. The van der Waals surface area contributed by atoms with Gasteiger partial charge in [-0.25, -0.2) is 9.37 Å². The molecule has 1 N–H and O–H groups in total. The second-order valence-corrected chi connectivity index (χ2v) is 5.04. The van der Waals surface area contributed by atoms with Gasteiger partial charge in [0.05, 0.1) is 14.2 Å². The van der Waals surface area contributed by atoms with Gasteiger partial charge in [0.15, 0.2) is 23.9 Å². The van der Waals surface area contributed by atoms with Crippen LogP contribution in [0.2, 0.25) is 0 Å². The third kappa shape index (κ3) is 3.45. The van der Waals surface area contributed by atoms with E-state index in [1.165, 1.54) is 6.07 Å². The normalized spacial score (nSPS) is 10.2. The summed E-state index contributed by atoms with van der Waals surface area (Å²) in [7, 11) is 3.21. The van der Waals surface area contributed by atoms with Gasteiger partial charge in [-0.1, -0.05) is 18.2 Å². The average Bonchev–Trinajstić information content (AvgIpc) is 2.56. The molecule has 0 saturated heterocycles. The third-order valence-electron chi connectivity index (χ3n) is 3.74. The summed E-state index contributed by atoms with van der Waals surface area (Å²) in [5.41, 5.74) is 1.67. The Morgan fingerprint density at radius 2 is 1.65 bits per heavy atom. The maximum absolute atomic E-state index is 13.9. The molecular weight excluding hydrogens is 361 g/mol. The molecule has 3 rings (SSSR count). The van der Waals surface area contributed by atoms with E-state index in [1.54, 1.807) is 26.4 Å². The van der Waals surface area contributed by atoms with Crippen LogP contribution < -0.4 is 31.4 Å². The van der Waals surface area contributed by atoms with Crippen LogP contribution in [-0.4, -0.2) is 14.2 Å². The fourth-order valence-electron chi connectivity index (χ4n) is 2.60. The van der Waals surface area contributed by atoms with Gasteiger partial charge in [0.25, 0.3) is 0 Å². The number of benzene rings is 2. The Morgan fingerprint density at radius 1 is 0.957 bits per heavy atom. The maximum atomic E-state index is 13.9. The number of fused-ring (bicyclic) bond motifs is 1. The average molecular weight is 378 g/mol. The summed E-state index contributed by atoms with van der Waals surface area (Å²) in [5.74, 6) is 1.14. The highest BCUT2D eigenvalue weighted by molar-refractivity contribution is 5.87. The van der Waals surface area contributed by atoms with Gasteiger partial charge in [0, 0.05) is 22.8 Å². The molecule has 0 bridgehead atoms. The molecule has 0 aliphatic rings. The molecule has 23 heavy (non-hydrogen) atoms. The number of aromatic nitrogens is 1. The fourth-order valence-corrected chi connectivity index (χ4v) is 2.60. The first-order valence-corrected chi connectivity index (χ1v) is 7.01. The second kappa shape index (κ2) is 7.42. The van der Waals surface area contributed by atoms with Gasteiger partial charge in [0.1, 0.15) is 5.82 Å². The lowest BCUT2D eigenvalue weighted by Crippen LogP contribution is -3.00. The monoisotopic (exact) mass is 377 g/mol. The van der Waals surface area contributed by atoms with E-state index in [4.69, 9.17) is 9.47 Å². The van der Waals surface area contributed by atoms with Crippen molar-refractivity contribution in [3.8, 4) is 11.5 Å². The van der Waals surface area contributed by atoms with E-state index in [0.29, 0.717) is 23.5 Å². The van der Waals surface area contributed by atoms with Gasteiger partial charge in [-0.2, -0.15) is 0 Å². The number of H-pyrrole nitrogens is 1. The SMILES string of the molecule is COc1cc2c[nH+]cc(Cc3ccccc3F)c2cc1OC.[Br-]. The Balaban J connectivity index is 0.00000192. The molecule has 3 aromatic rings. The minimum absolute atomic E-state index is 0. The van der Waals surface area contributed by atoms with Crippen molar-refractivity contribution in [2.75, 3.05) is 14.2 Å². The number of hydrogen-bond acceptors (Lipinski definition) is 2. The molecule has 0 aliphatic carbocycles. The van der Waals surface area contributed by atoms with Crippen LogP contribution in [0.5, 0.6) is 11.5 Å². The molecule has 0 saturated carbocycles. The second-order valence-electron chi connectivity index (χ2n) is 5.04. The molecule has 1 aromatic heterocycles. The van der Waals surface area contributed by atoms with Crippen molar-refractivity contribution >= 4 is 10.8 Å². The molecule has 120 valence electrons. The van der Waals surface area contributed by atoms with E-state index in [0.717, 1.165) is 16.3 Å². The van der Waals surface area contributed by atoms with E-state index in [-0.39, 0.29) is 22.8 Å². The van der Waals surface area contributed by atoms with Crippen molar-refractivity contribution in [2.24, 2.45) is 0 Å². The standard InChI is InChI=1S/C18H16FNO2.BrH/c1-21-17-8-14-11-20-10-13(15(14)9-18(17)22-2)7-12-5-3-4-6-16(12)19;/h3-6,8-11H,7H2,1-2H3;1H. The Kier molecular flexibility index (Phi) is 5.55. The first-order chi connectivity index (χ1) is 10.7. The quantitative estimate of drug-likeness (QED) is 0.659. The van der Waals surface area contributed by atoms with Gasteiger partial charge in [-0.05, 0) is 23.8 Å². The fraction of sp³-hybridized carbons (Fsp3) is 0.167. The number of rotatable bonds is 4. The van der Waals surface area contributed by atoms with Crippen molar-refractivity contribution in [1.29, 1.82) is 0 Å². The van der Waals surface area contributed by atoms with E-state index in [1.807, 2.05) is 30.6 Å². The van der Waals surface area contributed by atoms with Gasteiger partial charge >= 0.3 is 0 Å². The van der Waals surface area contributed by atoms with E-state index in [2.05, 4.69) is 4.98 Å². The predicted octanol–water partition coefficient (Wildman–Crippen LogP) is 0.405. The summed E-state index contributed by atoms with van der Waals surface area (Å²) in [4.78, 5) is 3.11. The number of halogens is 2. The van der Waals surface area contributed by atoms with E-state index < -0.39 is 0 Å². The first-order valence-electron chi connectivity index (χ1n) is 7.01. The highest BCUT2D eigenvalue weighted by atomic mass is 79.9. The summed E-state index contributed by atoms with van der Waals surface area (Å²) >= 11 is 0. The van der Waals surface area contributed by atoms with Crippen molar-refractivity contribution < 1.29 is 35.8 Å². The van der Waals surface area contributed by atoms with Crippen LogP contribution >= 0.6 is 0 Å². The lowest BCUT2D eigenvalue weighted by Gasteiger charge is -2.10. The van der Waals surface area contributed by atoms with Gasteiger partial charge in [-0.3, -0.25) is 0 Å². The Bertz CT molecular complexity index is 823. The zero-order valence-electron chi connectivity index (χ0n) is 12.9. The van der Waals surface area contributed by atoms with E-state index in [9.17, 15) is 4.39 Å². The number of methoxy groups -OCH3 is 2. The van der Waals surface area contributed by atoms with Crippen LogP contribution in [0.3, 0.4) is 0 Å². The van der Waals surface area contributed by atoms with E-state index >= 15 is 0 Å². The molecule has 0 unspecified atom stereocenters. The number of hydrogen-bond donors (Lipinski definition) is 0. The van der Waals surface area contributed by atoms with Crippen LogP contribution in [0, 0.1) is 5.82 Å². The maximum Gasteiger partial charge on any atom is 0.175 e. The van der Waals surface area contributed by atoms with Crippen molar-refractivity contribution in [3.05, 3.63) is 65.7 Å². The molecule has 5 heteroatoms. The molecule has 0 fully saturated rings. The van der Waals surface area contributed by atoms with Crippen LogP contribution in [-0.2, 0) is 6.42 Å². The first kappa shape index (κ1) is 17.2. The summed E-state index contributed by atoms with van der Waals surface area (Å²) in [5, 5.41) is 2.01. The molecule has 2 aromatic carbocycles. The van der Waals surface area contributed by atoms with Crippen molar-refractivity contribution in [1.82, 2.24) is 0 Å². The topological polar surface area (TPSA) is 32.6 Å². The molecule has 0 atom stereocenters. The van der Waals surface area contributed by atoms with Crippen molar-refractivity contribution in [2.45, 2.75) is 6.42 Å². The molecular formula is C18H17BrFNO2. The van der Waals surface area contributed by atoms with Gasteiger partial charge < -0.3 is 26.5 Å². The number of nitrogens with one attached hydrogen (secondary N) is 1. The smallest absolute Gasteiger partial charge is 0.175 e. The summed E-state index contributed by atoms with van der Waals surface area (Å²) < 4.78 is 24.6.